The maximum Gasteiger partial charge on any atom is -0.000383 e. The van der Waals surface area contributed by atoms with Gasteiger partial charge in [0.2, 0.25) is 0 Å². The maximum absolute atomic E-state index is 2.20. The van der Waals surface area contributed by atoms with Gasteiger partial charge in [0.25, 0.3) is 0 Å². The zero-order valence-electron chi connectivity index (χ0n) is 62.1. The summed E-state index contributed by atoms with van der Waals surface area (Å²) < 4.78 is 0. The molecule has 68 aliphatic rings. The van der Waals surface area contributed by atoms with Crippen LogP contribution in [0.25, 0.3) is 0 Å². The fraction of sp³-hybridized carbons (Fsp3) is 1.00. The normalized spacial score (nSPS) is 129. The molecule has 51 spiro atoms. The summed E-state index contributed by atoms with van der Waals surface area (Å²) in [5, 5.41) is 0. The van der Waals surface area contributed by atoms with Crippen LogP contribution in [0.4, 0.5) is 0 Å². The fourth-order valence-electron chi connectivity index (χ4n) is 111. The molecule has 85 atom stereocenters. The molecule has 68 fully saturated rings. The quantitative estimate of drug-likeness (QED) is 0.227. The SMILES string of the molecule is C1CCC2C3C4C5C6C(C1)CC1CCC7C8C9C%10C%11CC%12C%13C%14C%15CCC%16CC%17C%18C%19C%20CC%21C%22C%23C%24C%25C%26C%27C%28C%29C%30C2C32C43C54C65CC7(C1)C81CC56C57CC91C%101CC58C59CC%111CC%121CC%10%11C5C5%12C%10%31C%10%32C%11%33CC%131C%141CC%33%11C%13(CC%151C%16)C%17C%181C%19%14C%20%21C%22%15C%23%16C%24%17C%25%18C%26%19C%27%20C%28%21C%29%22C%302C32C64C73C84C95C%20(C%19%12C%18%31C%17%10C%165C%14%15C%131C%11%325)C%214C%2223. The standard InChI is InChI=1S/C109H82/c1-2-4-28-37-48-47-36-27(3-1)9-25-5-7-31-41-46-43-33-11-32-42-40-30-8-6-26-10-29-39-44-34-12-35-45-50-52-55-53-56-54-51-49-38(28)78(37)83(48)80(47)68(36)16-59(31,13-25)64(41)21-72(68)76-24-67(46,64)66(43)23-75(76)71-19-62(33,66)15-61(32)18-70-58(71)92-94(70)98-74(70)22-65(42,61)63(40)20-73(74)69(17-60(30,63)14-26)57(29)79(39)81(44)77(34,35)82(45)85(50)88(52)90(55)87(53)91(56)89(54)86(51)84(49,78)102(83)96(72,80)100(76)99(75)95(71,92)105(91,109(89,99)107(86,100)102)103(87,92)104(90,94)108(88,98)106(85)97(73,98)93(69,79)101(81,82)106/h25-58H,1-24H2. The summed E-state index contributed by atoms with van der Waals surface area (Å²) in [6.07, 6.45) is 47.4. The van der Waals surface area contributed by atoms with Crippen molar-refractivity contribution in [2.24, 2.45) is 429 Å². The largest absolute Gasteiger partial charge is 0.0530 e. The molecular formula is C109H82. The third-order valence-corrected chi connectivity index (χ3v) is 88.8. The van der Waals surface area contributed by atoms with Gasteiger partial charge in [0.15, 0.2) is 0 Å². The van der Waals surface area contributed by atoms with Crippen LogP contribution < -0.4 is 0 Å². The van der Waals surface area contributed by atoms with Crippen molar-refractivity contribution in [1.29, 1.82) is 0 Å². The topological polar surface area (TPSA) is 0 Å². The first-order chi connectivity index (χ1) is 53.8. The van der Waals surface area contributed by atoms with Gasteiger partial charge in [0.05, 0.1) is 0 Å². The van der Waals surface area contributed by atoms with Crippen LogP contribution in [0.3, 0.4) is 0 Å². The first-order valence-electron chi connectivity index (χ1n) is 53.8. The molecule has 0 N–H and O–H groups in total. The second-order valence-corrected chi connectivity index (χ2v) is 68.7. The third kappa shape index (κ3) is 1.04. The molecule has 68 saturated carbocycles. The molecule has 0 heteroatoms. The Balaban J connectivity index is 0.585. The Bertz CT molecular complexity index is 7560. The van der Waals surface area contributed by atoms with E-state index < -0.39 is 0 Å². The Morgan fingerprint density at radius 2 is 0.651 bits per heavy atom. The Hall–Kier alpha value is 0. The van der Waals surface area contributed by atoms with Crippen molar-refractivity contribution in [3.05, 3.63) is 48.7 Å². The minimum atomic E-state index is 0.872. The zero-order valence-corrected chi connectivity index (χ0v) is 62.1. The van der Waals surface area contributed by atoms with Gasteiger partial charge in [-0.3, -0.25) is 0 Å². The highest BCUT2D eigenvalue weighted by molar-refractivity contribution is 6.51. The van der Waals surface area contributed by atoms with Gasteiger partial charge in [0, 0.05) is 0 Å². The average Bonchev–Trinajstić information content (AvgIpc) is 0.413. The summed E-state index contributed by atoms with van der Waals surface area (Å²) in [5.41, 5.74) is 51.7. The maximum atomic E-state index is 2.20. The molecule has 85 unspecified atom stereocenters. The molecule has 0 aromatic rings. The molecular weight excluding hydrogens is 1310 g/mol. The average molecular weight is 1390 g/mol. The first kappa shape index (κ1) is 40.6. The number of hydrogen-bond acceptors (Lipinski definition) is 0. The molecule has 68 rings (SSSR count). The van der Waals surface area contributed by atoms with Crippen molar-refractivity contribution < 1.29 is 0 Å². The minimum absolute atomic E-state index is 0.872. The van der Waals surface area contributed by atoms with E-state index >= 15 is 0 Å². The Morgan fingerprint density at radius 1 is 0.193 bits per heavy atom. The molecule has 0 radical (unpaired) electrons. The van der Waals surface area contributed by atoms with Crippen LogP contribution in [-0.2, 0) is 0 Å². The zero-order chi connectivity index (χ0) is 62.1. The van der Waals surface area contributed by atoms with Crippen LogP contribution in [0, 0.1) is 477 Å². The monoisotopic (exact) mass is 1390 g/mol. The van der Waals surface area contributed by atoms with Gasteiger partial charge >= 0.3 is 0 Å². The van der Waals surface area contributed by atoms with E-state index in [0.29, 0.717) is 0 Å². The molecule has 0 amide bonds. The molecule has 0 aliphatic heterocycles. The van der Waals surface area contributed by atoms with Gasteiger partial charge in [-0.05, 0) is 599 Å². The van der Waals surface area contributed by atoms with Crippen molar-refractivity contribution in [3.8, 4) is 0 Å². The van der Waals surface area contributed by atoms with Crippen molar-refractivity contribution in [2.75, 3.05) is 0 Å². The molecule has 68 aliphatic carbocycles. The van der Waals surface area contributed by atoms with Crippen LogP contribution in [-0.4, -0.2) is 0 Å². The third-order valence-electron chi connectivity index (χ3n) is 88.8. The van der Waals surface area contributed by atoms with Gasteiger partial charge in [-0.2, -0.15) is 0 Å². The molecule has 0 heterocycles. The van der Waals surface area contributed by atoms with Crippen LogP contribution in [0.2, 0.25) is 0 Å². The molecule has 16 bridgehead atoms. The van der Waals surface area contributed by atoms with Gasteiger partial charge in [-0.15, -0.1) is 0 Å². The fourth-order valence-corrected chi connectivity index (χ4v) is 111. The van der Waals surface area contributed by atoms with Crippen molar-refractivity contribution in [1.82, 2.24) is 0 Å². The van der Waals surface area contributed by atoms with Crippen molar-refractivity contribution >= 4 is 0 Å². The number of hydrogen-bond donors (Lipinski definition) is 0. The lowest BCUT2D eigenvalue weighted by Gasteiger charge is -3.71. The summed E-state index contributed by atoms with van der Waals surface area (Å²) in [4.78, 5) is 0. The lowest BCUT2D eigenvalue weighted by Crippen LogP contribution is -3.69. The van der Waals surface area contributed by atoms with Crippen LogP contribution in [0.15, 0.2) is 0 Å². The van der Waals surface area contributed by atoms with Gasteiger partial charge in [-0.25, -0.2) is 0 Å². The first-order valence-corrected chi connectivity index (χ1v) is 53.8. The van der Waals surface area contributed by atoms with E-state index in [9.17, 15) is 0 Å². The van der Waals surface area contributed by atoms with Crippen molar-refractivity contribution in [3.63, 3.8) is 0 Å². The summed E-state index contributed by atoms with van der Waals surface area (Å²) in [7, 11) is 0. The van der Waals surface area contributed by atoms with Crippen LogP contribution in [0.1, 0.15) is 154 Å². The smallest absolute Gasteiger partial charge is 0.000383 e. The molecule has 0 aromatic heterocycles. The van der Waals surface area contributed by atoms with Gasteiger partial charge < -0.3 is 0 Å². The van der Waals surface area contributed by atoms with E-state index in [2.05, 4.69) is 64.2 Å². The highest BCUT2D eigenvalue weighted by atomic mass is 15.8. The number of fused-ring (bicyclic) bond motifs is 23. The van der Waals surface area contributed by atoms with E-state index in [1.807, 2.05) is 64.2 Å². The molecule has 0 nitrogen and oxygen atoms in total. The van der Waals surface area contributed by atoms with E-state index in [4.69, 9.17) is 0 Å². The summed E-state index contributed by atoms with van der Waals surface area (Å²) >= 11 is 0. The van der Waals surface area contributed by atoms with Gasteiger partial charge in [-0.1, -0.05) is 32.1 Å². The predicted molar refractivity (Wildman–Crippen MR) is 361 cm³/mol. The lowest BCUT2D eigenvalue weighted by atomic mass is 8.30. The van der Waals surface area contributed by atoms with E-state index in [-0.39, 0.29) is 0 Å². The van der Waals surface area contributed by atoms with E-state index in [1.54, 1.807) is 25.7 Å². The Labute approximate surface area is 627 Å². The summed E-state index contributed by atoms with van der Waals surface area (Å²) in [5.74, 6) is 45.9. The summed E-state index contributed by atoms with van der Waals surface area (Å²) in [6.45, 7) is 0. The molecule has 0 aromatic carbocycles. The molecule has 109 heavy (non-hydrogen) atoms. The highest BCUT2D eigenvalue weighted by Gasteiger charge is 3.77. The second-order valence-electron chi connectivity index (χ2n) is 68.7. The van der Waals surface area contributed by atoms with Crippen molar-refractivity contribution in [2.45, 2.75) is 154 Å². The van der Waals surface area contributed by atoms with E-state index in [0.717, 1.165) is 276 Å². The molecule has 0 saturated heterocycles. The second kappa shape index (κ2) is 6.63. The van der Waals surface area contributed by atoms with Gasteiger partial charge in [0.1, 0.15) is 0 Å². The summed E-state index contributed by atoms with van der Waals surface area (Å²) in [6, 6.07) is 0. The van der Waals surface area contributed by atoms with E-state index in [1.165, 1.54) is 201 Å². The predicted octanol–water partition coefficient (Wildman–Crippen LogP) is 14.3. The lowest BCUT2D eigenvalue weighted by molar-refractivity contribution is -1.13. The minimum Gasteiger partial charge on any atom is -0.0530 e. The Morgan fingerprint density at radius 3 is 1.39 bits per heavy atom. The highest BCUT2D eigenvalue weighted by Crippen LogP contribution is 3.80. The van der Waals surface area contributed by atoms with Crippen LogP contribution >= 0.6 is 0 Å². The number of rotatable bonds is 0. The van der Waals surface area contributed by atoms with Crippen LogP contribution in [0.5, 0.6) is 0 Å². The Kier molecular flexibility index (Phi) is 2.47. The molecule has 518 valence electrons.